The standard InChI is InChI=1S/C32H30N2O5.C29H26N2O5/c1-4-17-38-30(36)23-15-16-33-24(18-23)19-25-26-20-32(2,3)28(34(26)29(25)35)31(37)39-27(21-11-7-5-8-12-21)22-13-9-6-10-14-22;1-29(2)17-23-22(16-21-15-20(27(33)34)13-14-30-21)26(32)31(23)25(29)28(35)36-24(18-9-5-3-6-10-18)19-11-7-4-8-12-19/h4-16,18-19,26-28H,1,17,20H2,2-3H3;3-16,23-25H,17H2,1-2H3,(H,33,34)/b25-19+;22-16+/t26?,28-;23?,25-/m00/s1. The van der Waals surface area contributed by atoms with Gasteiger partial charge in [-0.15, -0.1) is 0 Å². The van der Waals surface area contributed by atoms with E-state index < -0.39 is 59.0 Å². The summed E-state index contributed by atoms with van der Waals surface area (Å²) in [5, 5.41) is 9.24. The van der Waals surface area contributed by atoms with Crippen molar-refractivity contribution in [2.45, 2.75) is 76.9 Å². The molecule has 4 aromatic carbocycles. The van der Waals surface area contributed by atoms with Crippen LogP contribution in [0.3, 0.4) is 0 Å². The number of amides is 2. The Kier molecular flexibility index (Phi) is 14.6. The van der Waals surface area contributed by atoms with Crippen molar-refractivity contribution in [2.75, 3.05) is 6.61 Å². The molecule has 0 spiro atoms. The molecule has 6 aromatic rings. The predicted molar refractivity (Wildman–Crippen MR) is 279 cm³/mol. The van der Waals surface area contributed by atoms with Gasteiger partial charge in [0.15, 0.2) is 12.2 Å². The number of esters is 3. The molecule has 6 heterocycles. The number of benzene rings is 4. The third-order valence-electron chi connectivity index (χ3n) is 14.1. The largest absolute Gasteiger partial charge is 0.478 e. The van der Waals surface area contributed by atoms with Crippen LogP contribution in [0, 0.1) is 10.8 Å². The fourth-order valence-corrected chi connectivity index (χ4v) is 10.6. The number of rotatable bonds is 14. The second-order valence-corrected chi connectivity index (χ2v) is 20.3. The fourth-order valence-electron chi connectivity index (χ4n) is 10.6. The zero-order valence-corrected chi connectivity index (χ0v) is 41.9. The number of fused-ring (bicyclic) bond motifs is 2. The lowest BCUT2D eigenvalue weighted by molar-refractivity contribution is -0.162. The fraction of sp³-hybridized carbons (Fsp3) is 0.246. The number of ether oxygens (including phenoxy) is 3. The summed E-state index contributed by atoms with van der Waals surface area (Å²) in [5.41, 5.74) is 4.79. The lowest BCUT2D eigenvalue weighted by Crippen LogP contribution is -2.58. The molecule has 4 aliphatic rings. The average molecular weight is 1010 g/mol. The quantitative estimate of drug-likeness (QED) is 0.0359. The van der Waals surface area contributed by atoms with E-state index in [-0.39, 0.29) is 36.1 Å². The molecular formula is C61H56N4O10. The number of aromatic carboxylic acids is 1. The van der Waals surface area contributed by atoms with Crippen LogP contribution in [0.5, 0.6) is 0 Å². The number of hydrogen-bond donors (Lipinski definition) is 1. The lowest BCUT2D eigenvalue weighted by Gasteiger charge is -2.41. The number of carboxylic acids is 1. The summed E-state index contributed by atoms with van der Waals surface area (Å²) in [6.07, 6.45) is 7.72. The number of β-lactam (4-membered cyclic amide) rings is 2. The Morgan fingerprint density at radius 1 is 0.600 bits per heavy atom. The van der Waals surface area contributed by atoms with Crippen molar-refractivity contribution in [3.63, 3.8) is 0 Å². The van der Waals surface area contributed by atoms with Gasteiger partial charge in [-0.3, -0.25) is 19.6 Å². The van der Waals surface area contributed by atoms with Crippen molar-refractivity contribution in [1.82, 2.24) is 19.8 Å². The molecule has 14 heteroatoms. The minimum atomic E-state index is -1.06. The van der Waals surface area contributed by atoms with E-state index >= 15 is 0 Å². The van der Waals surface area contributed by atoms with Gasteiger partial charge < -0.3 is 29.1 Å². The second-order valence-electron chi connectivity index (χ2n) is 20.3. The first-order valence-electron chi connectivity index (χ1n) is 24.7. The van der Waals surface area contributed by atoms with Gasteiger partial charge in [0, 0.05) is 23.5 Å². The molecule has 0 bridgehead atoms. The minimum Gasteiger partial charge on any atom is -0.478 e. The summed E-state index contributed by atoms with van der Waals surface area (Å²) in [5.74, 6) is -2.92. The van der Waals surface area contributed by atoms with E-state index in [1.165, 1.54) is 30.6 Å². The van der Waals surface area contributed by atoms with Crippen molar-refractivity contribution in [1.29, 1.82) is 0 Å². The van der Waals surface area contributed by atoms with Crippen LogP contribution >= 0.6 is 0 Å². The number of carbonyl (C=O) groups is 6. The van der Waals surface area contributed by atoms with Crippen LogP contribution in [-0.4, -0.2) is 91.3 Å². The number of carbonyl (C=O) groups excluding carboxylic acids is 5. The third kappa shape index (κ3) is 10.5. The molecule has 4 fully saturated rings. The Bertz CT molecular complexity index is 3130. The van der Waals surface area contributed by atoms with Gasteiger partial charge in [-0.1, -0.05) is 162 Å². The Morgan fingerprint density at radius 2 is 0.960 bits per heavy atom. The molecular weight excluding hydrogens is 949 g/mol. The molecule has 10 rings (SSSR count). The first kappa shape index (κ1) is 51.1. The van der Waals surface area contributed by atoms with Crippen LogP contribution in [-0.2, 0) is 33.4 Å². The Morgan fingerprint density at radius 3 is 1.32 bits per heavy atom. The average Bonchev–Trinajstić information content (AvgIpc) is 3.84. The Balaban J connectivity index is 0.000000184. The van der Waals surface area contributed by atoms with Gasteiger partial charge in [0.05, 0.1) is 34.6 Å². The van der Waals surface area contributed by atoms with E-state index in [2.05, 4.69) is 16.5 Å². The van der Waals surface area contributed by atoms with Crippen LogP contribution in [0.1, 0.15) is 107 Å². The third-order valence-corrected chi connectivity index (χ3v) is 14.1. The molecule has 4 atom stereocenters. The number of hydrogen-bond acceptors (Lipinski definition) is 11. The maximum absolute atomic E-state index is 13.7. The first-order valence-corrected chi connectivity index (χ1v) is 24.7. The first-order chi connectivity index (χ1) is 36.1. The van der Waals surface area contributed by atoms with Gasteiger partial charge in [-0.25, -0.2) is 19.2 Å². The van der Waals surface area contributed by atoms with E-state index in [4.69, 9.17) is 14.2 Å². The molecule has 14 nitrogen and oxygen atoms in total. The number of carboxylic acid groups (broad SMARTS) is 1. The van der Waals surface area contributed by atoms with Crippen LogP contribution in [0.2, 0.25) is 0 Å². The SMILES string of the molecule is C=CCOC(=O)c1ccnc(/C=C2/C(=O)N3C2CC(C)(C)[C@@H]3C(=O)OC(c2ccccc2)c2ccccc2)c1.CC1(C)CC2/C(=C\c3cc(C(=O)O)ccn3)C(=O)N2[C@H]1C(=O)OC(c1ccccc1)c1ccccc1. The smallest absolute Gasteiger partial charge is 0.338 e. The number of nitrogens with zero attached hydrogens (tertiary/aromatic N) is 4. The highest BCUT2D eigenvalue weighted by molar-refractivity contribution is 6.09. The summed E-state index contributed by atoms with van der Waals surface area (Å²) in [6, 6.07) is 42.3. The topological polar surface area (TPSA) is 183 Å². The van der Waals surface area contributed by atoms with Crippen LogP contribution in [0.15, 0.2) is 182 Å². The molecule has 2 amide bonds. The molecule has 4 saturated heterocycles. The molecule has 75 heavy (non-hydrogen) atoms. The molecule has 2 unspecified atom stereocenters. The van der Waals surface area contributed by atoms with Gasteiger partial charge in [0.2, 0.25) is 0 Å². The highest BCUT2D eigenvalue weighted by atomic mass is 16.6. The number of pyridine rings is 2. The van der Waals surface area contributed by atoms with Crippen molar-refractivity contribution in [2.24, 2.45) is 10.8 Å². The highest BCUT2D eigenvalue weighted by Crippen LogP contribution is 2.52. The van der Waals surface area contributed by atoms with Gasteiger partial charge in [0.1, 0.15) is 18.7 Å². The van der Waals surface area contributed by atoms with E-state index in [1.807, 2.05) is 149 Å². The van der Waals surface area contributed by atoms with E-state index in [0.29, 0.717) is 40.9 Å². The lowest BCUT2D eigenvalue weighted by atomic mass is 9.83. The molecule has 0 radical (unpaired) electrons. The summed E-state index contributed by atoms with van der Waals surface area (Å²) >= 11 is 0. The summed E-state index contributed by atoms with van der Waals surface area (Å²) in [7, 11) is 0. The van der Waals surface area contributed by atoms with Crippen molar-refractivity contribution in [3.8, 4) is 0 Å². The summed E-state index contributed by atoms with van der Waals surface area (Å²) < 4.78 is 17.4. The summed E-state index contributed by atoms with van der Waals surface area (Å²) in [6.45, 7) is 11.5. The van der Waals surface area contributed by atoms with Crippen molar-refractivity contribution in [3.05, 3.63) is 227 Å². The predicted octanol–water partition coefficient (Wildman–Crippen LogP) is 9.66. The van der Waals surface area contributed by atoms with E-state index in [1.54, 1.807) is 34.1 Å². The maximum Gasteiger partial charge on any atom is 0.338 e. The molecule has 2 aromatic heterocycles. The Hall–Kier alpha value is -8.78. The van der Waals surface area contributed by atoms with Gasteiger partial charge in [-0.05, 0) is 82.3 Å². The van der Waals surface area contributed by atoms with E-state index in [9.17, 15) is 33.9 Å². The molecule has 0 saturated carbocycles. The summed E-state index contributed by atoms with van der Waals surface area (Å²) in [4.78, 5) is 89.1. The molecule has 0 aliphatic carbocycles. The molecule has 4 aliphatic heterocycles. The van der Waals surface area contributed by atoms with Gasteiger partial charge >= 0.3 is 23.9 Å². The monoisotopic (exact) mass is 1000 g/mol. The normalized spacial score (nSPS) is 20.8. The van der Waals surface area contributed by atoms with Gasteiger partial charge in [0.25, 0.3) is 11.8 Å². The number of aromatic nitrogens is 2. The highest BCUT2D eigenvalue weighted by Gasteiger charge is 2.62. The Labute approximate surface area is 435 Å². The van der Waals surface area contributed by atoms with Crippen molar-refractivity contribution >= 4 is 47.8 Å². The van der Waals surface area contributed by atoms with Crippen LogP contribution in [0.25, 0.3) is 12.2 Å². The minimum absolute atomic E-state index is 0.0987. The van der Waals surface area contributed by atoms with E-state index in [0.717, 1.165) is 22.3 Å². The molecule has 1 N–H and O–H groups in total. The van der Waals surface area contributed by atoms with Crippen LogP contribution < -0.4 is 0 Å². The zero-order chi connectivity index (χ0) is 53.0. The van der Waals surface area contributed by atoms with Crippen molar-refractivity contribution < 1.29 is 48.1 Å². The zero-order valence-electron chi connectivity index (χ0n) is 41.9. The second kappa shape index (κ2) is 21.4. The van der Waals surface area contributed by atoms with Gasteiger partial charge in [-0.2, -0.15) is 0 Å². The van der Waals surface area contributed by atoms with Crippen LogP contribution in [0.4, 0.5) is 0 Å². The maximum atomic E-state index is 13.7. The molecule has 380 valence electrons.